The summed E-state index contributed by atoms with van der Waals surface area (Å²) < 4.78 is 15.2. The number of quaternary nitrogens is 1. The first-order valence-electron chi connectivity index (χ1n) is 10.5. The number of nitrogens with one attached hydrogen (secondary N) is 2. The van der Waals surface area contributed by atoms with Gasteiger partial charge in [0.05, 0.1) is 12.2 Å². The van der Waals surface area contributed by atoms with E-state index in [4.69, 9.17) is 0 Å². The van der Waals surface area contributed by atoms with Crippen LogP contribution in [0.4, 0.5) is 10.1 Å². The molecular formula is C23H32FN4O2+. The van der Waals surface area contributed by atoms with Gasteiger partial charge in [-0.3, -0.25) is 9.59 Å². The Kier molecular flexibility index (Phi) is 6.61. The van der Waals surface area contributed by atoms with Gasteiger partial charge >= 0.3 is 0 Å². The fraction of sp³-hybridized carbons (Fsp3) is 0.478. The lowest BCUT2D eigenvalue weighted by Gasteiger charge is -2.36. The van der Waals surface area contributed by atoms with Gasteiger partial charge in [0, 0.05) is 37.3 Å². The van der Waals surface area contributed by atoms with Crippen LogP contribution in [0.15, 0.2) is 42.6 Å². The molecule has 2 aromatic rings. The predicted octanol–water partition coefficient (Wildman–Crippen LogP) is 2.15. The monoisotopic (exact) mass is 415 g/mol. The number of benzene rings is 1. The molecule has 0 aliphatic carbocycles. The molecule has 1 aromatic heterocycles. The maximum Gasteiger partial charge on any atom is 0.278 e. The van der Waals surface area contributed by atoms with Gasteiger partial charge in [-0.1, -0.05) is 0 Å². The van der Waals surface area contributed by atoms with Crippen LogP contribution in [0, 0.1) is 5.82 Å². The number of rotatable bonds is 6. The van der Waals surface area contributed by atoms with Gasteiger partial charge < -0.3 is 19.7 Å². The molecule has 1 saturated heterocycles. The molecule has 162 valence electrons. The van der Waals surface area contributed by atoms with Crippen molar-refractivity contribution in [2.75, 3.05) is 25.0 Å². The second kappa shape index (κ2) is 9.00. The van der Waals surface area contributed by atoms with Crippen LogP contribution in [-0.2, 0) is 16.6 Å². The van der Waals surface area contributed by atoms with E-state index in [0.29, 0.717) is 18.3 Å². The predicted molar refractivity (Wildman–Crippen MR) is 115 cm³/mol. The molecule has 0 radical (unpaired) electrons. The number of amides is 2. The van der Waals surface area contributed by atoms with Crippen LogP contribution in [0.25, 0.3) is 0 Å². The third-order valence-corrected chi connectivity index (χ3v) is 5.74. The zero-order valence-electron chi connectivity index (χ0n) is 18.2. The topological polar surface area (TPSA) is 58.8 Å². The summed E-state index contributed by atoms with van der Waals surface area (Å²) in [6.07, 6.45) is 4.18. The number of hydrogen-bond acceptors (Lipinski definition) is 2. The second-order valence-electron chi connectivity index (χ2n) is 9.03. The average Bonchev–Trinajstić information content (AvgIpc) is 3.29. The zero-order valence-corrected chi connectivity index (χ0v) is 18.2. The Morgan fingerprint density at radius 2 is 1.93 bits per heavy atom. The summed E-state index contributed by atoms with van der Waals surface area (Å²) in [6, 6.07) is 10.1. The van der Waals surface area contributed by atoms with Crippen LogP contribution >= 0.6 is 0 Å². The number of halogens is 1. The van der Waals surface area contributed by atoms with Gasteiger partial charge in [0.1, 0.15) is 18.4 Å². The largest absolute Gasteiger partial charge is 0.350 e. The Morgan fingerprint density at radius 1 is 1.23 bits per heavy atom. The van der Waals surface area contributed by atoms with Gasteiger partial charge in [0.15, 0.2) is 6.54 Å². The number of aromatic nitrogens is 1. The van der Waals surface area contributed by atoms with Crippen LogP contribution in [0.5, 0.6) is 0 Å². The van der Waals surface area contributed by atoms with Crippen molar-refractivity contribution in [2.24, 2.45) is 7.05 Å². The third kappa shape index (κ3) is 5.27. The Morgan fingerprint density at radius 3 is 2.53 bits per heavy atom. The molecular weight excluding hydrogens is 383 g/mol. The van der Waals surface area contributed by atoms with Crippen molar-refractivity contribution in [3.8, 4) is 0 Å². The minimum atomic E-state index is -0.489. The molecule has 1 aliphatic rings. The summed E-state index contributed by atoms with van der Waals surface area (Å²) >= 11 is 0. The second-order valence-corrected chi connectivity index (χ2v) is 9.03. The summed E-state index contributed by atoms with van der Waals surface area (Å²) in [6.45, 7) is 7.07. The third-order valence-electron chi connectivity index (χ3n) is 5.74. The van der Waals surface area contributed by atoms with Gasteiger partial charge in [-0.25, -0.2) is 4.39 Å². The van der Waals surface area contributed by atoms with Crippen LogP contribution in [0.1, 0.15) is 45.3 Å². The molecule has 1 aromatic carbocycles. The van der Waals surface area contributed by atoms with E-state index in [2.05, 4.69) is 16.0 Å². The minimum Gasteiger partial charge on any atom is -0.350 e. The van der Waals surface area contributed by atoms with Crippen molar-refractivity contribution in [1.82, 2.24) is 9.47 Å². The Hall–Kier alpha value is -2.67. The molecule has 30 heavy (non-hydrogen) atoms. The van der Waals surface area contributed by atoms with E-state index in [1.54, 1.807) is 4.90 Å². The van der Waals surface area contributed by atoms with Crippen LogP contribution in [0.2, 0.25) is 0 Å². The summed E-state index contributed by atoms with van der Waals surface area (Å²) in [5.74, 6) is -0.686. The molecule has 2 heterocycles. The van der Waals surface area contributed by atoms with Crippen molar-refractivity contribution < 1.29 is 18.9 Å². The zero-order chi connectivity index (χ0) is 21.9. The molecule has 6 nitrogen and oxygen atoms in total. The number of hydrogen-bond donors (Lipinski definition) is 2. The van der Waals surface area contributed by atoms with Crippen molar-refractivity contribution in [3.05, 3.63) is 54.1 Å². The summed E-state index contributed by atoms with van der Waals surface area (Å²) in [5.41, 5.74) is 1.26. The molecule has 2 atom stereocenters. The molecule has 1 unspecified atom stereocenters. The van der Waals surface area contributed by atoms with E-state index in [-0.39, 0.29) is 24.2 Å². The van der Waals surface area contributed by atoms with E-state index < -0.39 is 5.54 Å². The fourth-order valence-corrected chi connectivity index (χ4v) is 4.18. The first kappa shape index (κ1) is 22.0. The number of aryl methyl sites for hydroxylation is 1. The normalized spacial score (nSPS) is 19.0. The molecule has 3 rings (SSSR count). The quantitative estimate of drug-likeness (QED) is 0.760. The Balaban J connectivity index is 1.67. The molecule has 0 saturated carbocycles. The lowest BCUT2D eigenvalue weighted by atomic mass is 10.1. The van der Waals surface area contributed by atoms with Gasteiger partial charge in [-0.2, -0.15) is 0 Å². The maximum atomic E-state index is 13.2. The van der Waals surface area contributed by atoms with Crippen molar-refractivity contribution >= 4 is 17.5 Å². The van der Waals surface area contributed by atoms with E-state index in [0.717, 1.165) is 19.4 Å². The van der Waals surface area contributed by atoms with Crippen molar-refractivity contribution in [3.63, 3.8) is 0 Å². The highest BCUT2D eigenvalue weighted by Gasteiger charge is 2.36. The van der Waals surface area contributed by atoms with Crippen molar-refractivity contribution in [2.45, 2.75) is 45.2 Å². The van der Waals surface area contributed by atoms with Gasteiger partial charge in [0.2, 0.25) is 5.91 Å². The van der Waals surface area contributed by atoms with E-state index >= 15 is 0 Å². The van der Waals surface area contributed by atoms with Crippen LogP contribution < -0.4 is 10.2 Å². The van der Waals surface area contributed by atoms with Gasteiger partial charge in [-0.15, -0.1) is 0 Å². The van der Waals surface area contributed by atoms with Crippen LogP contribution in [-0.4, -0.2) is 46.5 Å². The Labute approximate surface area is 177 Å². The van der Waals surface area contributed by atoms with Crippen molar-refractivity contribution in [1.29, 1.82) is 0 Å². The summed E-state index contributed by atoms with van der Waals surface area (Å²) in [7, 11) is 2.04. The van der Waals surface area contributed by atoms with Crippen LogP contribution in [0.3, 0.4) is 0 Å². The minimum absolute atomic E-state index is 0.0344. The summed E-state index contributed by atoms with van der Waals surface area (Å²) in [5, 5.41) is 2.75. The lowest BCUT2D eigenvalue weighted by molar-refractivity contribution is -0.911. The van der Waals surface area contributed by atoms with E-state index in [1.165, 1.54) is 34.9 Å². The molecule has 1 fully saturated rings. The number of anilines is 1. The smallest absolute Gasteiger partial charge is 0.278 e. The number of likely N-dealkylation sites (tertiary alicyclic amines) is 1. The van der Waals surface area contributed by atoms with Gasteiger partial charge in [0.25, 0.3) is 5.91 Å². The standard InChI is InChI=1S/C23H31FN4O2/c1-23(2,3)28(15-21(29)25-18-11-9-17(24)10-12-18)22(30)16-27-14-6-8-20(27)19-7-5-13-26(19)4/h5,7,9-13,20H,6,8,14-16H2,1-4H3,(H,25,29)/p+1/t20-/m0/s1. The SMILES string of the molecule is Cn1cccc1[C@@H]1CCC[NH+]1CC(=O)N(CC(=O)Nc1ccc(F)cc1)C(C)(C)C. The number of carbonyl (C=O) groups excluding carboxylic acids is 2. The lowest BCUT2D eigenvalue weighted by Crippen LogP contribution is -3.11. The first-order valence-corrected chi connectivity index (χ1v) is 10.5. The Bertz CT molecular complexity index is 885. The molecule has 0 spiro atoms. The van der Waals surface area contributed by atoms with Gasteiger partial charge in [-0.05, 0) is 57.2 Å². The highest BCUT2D eigenvalue weighted by molar-refractivity contribution is 5.94. The highest BCUT2D eigenvalue weighted by Crippen LogP contribution is 2.20. The highest BCUT2D eigenvalue weighted by atomic mass is 19.1. The first-order chi connectivity index (χ1) is 14.1. The van der Waals surface area contributed by atoms with E-state index in [9.17, 15) is 14.0 Å². The molecule has 0 bridgehead atoms. The molecule has 1 aliphatic heterocycles. The average molecular weight is 416 g/mol. The molecule has 7 heteroatoms. The molecule has 2 N–H and O–H groups in total. The number of carbonyl (C=O) groups is 2. The fourth-order valence-electron chi connectivity index (χ4n) is 4.18. The maximum absolute atomic E-state index is 13.2. The number of nitrogens with zero attached hydrogens (tertiary/aromatic N) is 2. The molecule has 2 amide bonds. The summed E-state index contributed by atoms with van der Waals surface area (Å²) in [4.78, 5) is 28.7. The van der Waals surface area contributed by atoms with E-state index in [1.807, 2.05) is 40.1 Å².